The Morgan fingerprint density at radius 2 is 1.53 bits per heavy atom. The second-order valence-corrected chi connectivity index (χ2v) is 7.95. The van der Waals surface area contributed by atoms with Crippen molar-refractivity contribution in [3.8, 4) is 11.5 Å². The Bertz CT molecular complexity index is 871. The molecule has 2 amide bonds. The van der Waals surface area contributed by atoms with Gasteiger partial charge < -0.3 is 20.1 Å². The fourth-order valence-electron chi connectivity index (χ4n) is 3.39. The van der Waals surface area contributed by atoms with Crippen molar-refractivity contribution < 1.29 is 19.1 Å². The predicted octanol–water partition coefficient (Wildman–Crippen LogP) is 3.87. The normalized spacial score (nSPS) is 11.8. The number of nitrogens with zero attached hydrogens (tertiary/aromatic N) is 1. The number of ether oxygens (including phenoxy) is 2. The summed E-state index contributed by atoms with van der Waals surface area (Å²) >= 11 is 0. The van der Waals surface area contributed by atoms with Crippen LogP contribution in [0.15, 0.2) is 48.5 Å². The molecule has 2 N–H and O–H groups in total. The molecule has 0 radical (unpaired) electrons. The van der Waals surface area contributed by atoms with Crippen LogP contribution in [0.2, 0.25) is 0 Å². The van der Waals surface area contributed by atoms with Gasteiger partial charge in [0.2, 0.25) is 11.8 Å². The summed E-state index contributed by atoms with van der Waals surface area (Å²) < 4.78 is 11.1. The summed E-state index contributed by atoms with van der Waals surface area (Å²) in [4.78, 5) is 26.7. The number of amides is 2. The van der Waals surface area contributed by atoms with Gasteiger partial charge in [0, 0.05) is 11.8 Å². The van der Waals surface area contributed by atoms with Gasteiger partial charge in [0.1, 0.15) is 0 Å². The molecule has 0 saturated heterocycles. The minimum Gasteiger partial charge on any atom is -0.490 e. The average Bonchev–Trinajstić information content (AvgIpc) is 2.74. The Balaban J connectivity index is 1.90. The largest absolute Gasteiger partial charge is 0.490 e. The van der Waals surface area contributed by atoms with Gasteiger partial charge in [-0.25, -0.2) is 0 Å². The first kappa shape index (κ1) is 25.2. The highest BCUT2D eigenvalue weighted by molar-refractivity contribution is 5.93. The van der Waals surface area contributed by atoms with Crippen LogP contribution in [0.5, 0.6) is 11.5 Å². The van der Waals surface area contributed by atoms with Gasteiger partial charge in [0.25, 0.3) is 0 Å². The zero-order valence-electron chi connectivity index (χ0n) is 19.7. The lowest BCUT2D eigenvalue weighted by Gasteiger charge is -2.24. The summed E-state index contributed by atoms with van der Waals surface area (Å²) in [6.07, 6.45) is 0. The number of nitrogens with one attached hydrogen (secondary N) is 2. The van der Waals surface area contributed by atoms with Crippen LogP contribution in [0.1, 0.15) is 39.3 Å². The lowest BCUT2D eigenvalue weighted by atomic mass is 9.96. The number of likely N-dealkylation sites (N-methyl/N-ethyl adjacent to an activating group) is 1. The molecule has 174 valence electrons. The van der Waals surface area contributed by atoms with Gasteiger partial charge in [-0.1, -0.05) is 44.2 Å². The molecular formula is C25H35N3O4. The molecule has 0 aliphatic rings. The molecule has 2 aromatic rings. The van der Waals surface area contributed by atoms with Gasteiger partial charge >= 0.3 is 0 Å². The van der Waals surface area contributed by atoms with Gasteiger partial charge in [-0.15, -0.1) is 0 Å². The summed E-state index contributed by atoms with van der Waals surface area (Å²) in [6.45, 7) is 9.17. The zero-order valence-corrected chi connectivity index (χ0v) is 19.7. The second kappa shape index (κ2) is 12.7. The van der Waals surface area contributed by atoms with E-state index >= 15 is 0 Å². The van der Waals surface area contributed by atoms with Crippen molar-refractivity contribution in [2.75, 3.05) is 38.7 Å². The summed E-state index contributed by atoms with van der Waals surface area (Å²) in [6, 6.07) is 15.1. The van der Waals surface area contributed by atoms with E-state index in [1.54, 1.807) is 30.1 Å². The maximum Gasteiger partial charge on any atom is 0.238 e. The van der Waals surface area contributed by atoms with Crippen LogP contribution in [-0.2, 0) is 9.59 Å². The lowest BCUT2D eigenvalue weighted by molar-refractivity contribution is -0.123. The van der Waals surface area contributed by atoms with Crippen LogP contribution in [0.4, 0.5) is 5.69 Å². The van der Waals surface area contributed by atoms with E-state index in [0.717, 1.165) is 5.56 Å². The highest BCUT2D eigenvalue weighted by Gasteiger charge is 2.19. The molecule has 7 heteroatoms. The van der Waals surface area contributed by atoms with E-state index in [1.807, 2.05) is 44.2 Å². The predicted molar refractivity (Wildman–Crippen MR) is 127 cm³/mol. The smallest absolute Gasteiger partial charge is 0.238 e. The number of anilines is 1. The molecule has 7 nitrogen and oxygen atoms in total. The van der Waals surface area contributed by atoms with Gasteiger partial charge in [-0.05, 0) is 44.5 Å². The minimum atomic E-state index is -0.213. The fraction of sp³-hybridized carbons (Fsp3) is 0.440. The third-order valence-corrected chi connectivity index (χ3v) is 4.80. The molecule has 1 unspecified atom stereocenters. The molecule has 0 spiro atoms. The maximum absolute atomic E-state index is 12.6. The van der Waals surface area contributed by atoms with Crippen LogP contribution in [0.3, 0.4) is 0 Å². The molecule has 0 bridgehead atoms. The molecule has 32 heavy (non-hydrogen) atoms. The third kappa shape index (κ3) is 7.89. The molecule has 0 aliphatic heterocycles. The van der Waals surface area contributed by atoms with E-state index in [2.05, 4.69) is 24.5 Å². The molecule has 2 rings (SSSR count). The van der Waals surface area contributed by atoms with Crippen LogP contribution >= 0.6 is 0 Å². The van der Waals surface area contributed by atoms with Crippen molar-refractivity contribution >= 4 is 17.5 Å². The molecule has 0 aromatic heterocycles. The quantitative estimate of drug-likeness (QED) is 0.523. The van der Waals surface area contributed by atoms with Crippen LogP contribution in [-0.4, -0.2) is 50.1 Å². The van der Waals surface area contributed by atoms with Crippen LogP contribution in [0.25, 0.3) is 0 Å². The number of benzene rings is 2. The fourth-order valence-corrected chi connectivity index (χ4v) is 3.39. The summed E-state index contributed by atoms with van der Waals surface area (Å²) in [5, 5.41) is 5.93. The van der Waals surface area contributed by atoms with Gasteiger partial charge in [0.05, 0.1) is 32.3 Å². The van der Waals surface area contributed by atoms with Crippen molar-refractivity contribution in [2.24, 2.45) is 5.92 Å². The van der Waals surface area contributed by atoms with Gasteiger partial charge in [-0.3, -0.25) is 14.5 Å². The number of carbonyl (C=O) groups excluding carboxylic acids is 2. The summed E-state index contributed by atoms with van der Waals surface area (Å²) in [5.74, 6) is 1.13. The van der Waals surface area contributed by atoms with Crippen molar-refractivity contribution in [3.63, 3.8) is 0 Å². The van der Waals surface area contributed by atoms with E-state index in [-0.39, 0.29) is 36.9 Å². The number of hydrogen-bond acceptors (Lipinski definition) is 5. The number of rotatable bonds is 12. The minimum absolute atomic E-state index is 0.0771. The first-order chi connectivity index (χ1) is 15.3. The topological polar surface area (TPSA) is 79.9 Å². The van der Waals surface area contributed by atoms with Crippen LogP contribution < -0.4 is 20.1 Å². The highest BCUT2D eigenvalue weighted by Crippen LogP contribution is 2.30. The van der Waals surface area contributed by atoms with E-state index in [1.165, 1.54) is 0 Å². The monoisotopic (exact) mass is 441 g/mol. The Morgan fingerprint density at radius 1 is 0.906 bits per heavy atom. The highest BCUT2D eigenvalue weighted by atomic mass is 16.5. The standard InChI is InChI=1S/C25H35N3O4/c1-6-31-21-14-13-20(15-22(21)32-7-2)26-23(29)16-28(5)17-24(30)27-25(18(3)4)19-11-9-8-10-12-19/h8-15,18,25H,6-7,16-17H2,1-5H3,(H,26,29)(H,27,30). The van der Waals surface area contributed by atoms with E-state index in [9.17, 15) is 9.59 Å². The van der Waals surface area contributed by atoms with E-state index in [4.69, 9.17) is 9.47 Å². The Labute approximate surface area is 191 Å². The molecule has 1 atom stereocenters. The molecule has 2 aromatic carbocycles. The summed E-state index contributed by atoms with van der Waals surface area (Å²) in [5.41, 5.74) is 1.68. The Hall–Kier alpha value is -3.06. The molecule has 0 saturated carbocycles. The summed E-state index contributed by atoms with van der Waals surface area (Å²) in [7, 11) is 1.75. The first-order valence-electron chi connectivity index (χ1n) is 11.1. The Morgan fingerprint density at radius 3 is 2.16 bits per heavy atom. The molecular weight excluding hydrogens is 406 g/mol. The van der Waals surface area contributed by atoms with Crippen LogP contribution in [0, 0.1) is 5.92 Å². The first-order valence-corrected chi connectivity index (χ1v) is 11.1. The van der Waals surface area contributed by atoms with Crippen molar-refractivity contribution in [1.82, 2.24) is 10.2 Å². The van der Waals surface area contributed by atoms with Gasteiger partial charge in [-0.2, -0.15) is 0 Å². The molecule has 0 fully saturated rings. The number of carbonyl (C=O) groups is 2. The molecule has 0 heterocycles. The van der Waals surface area contributed by atoms with Crippen molar-refractivity contribution in [3.05, 3.63) is 54.1 Å². The van der Waals surface area contributed by atoms with Crippen molar-refractivity contribution in [1.29, 1.82) is 0 Å². The lowest BCUT2D eigenvalue weighted by Crippen LogP contribution is -2.41. The number of hydrogen-bond donors (Lipinski definition) is 2. The Kier molecular flexibility index (Phi) is 10.0. The third-order valence-electron chi connectivity index (χ3n) is 4.80. The maximum atomic E-state index is 12.6. The molecule has 0 aliphatic carbocycles. The van der Waals surface area contributed by atoms with E-state index in [0.29, 0.717) is 30.4 Å². The second-order valence-electron chi connectivity index (χ2n) is 7.95. The van der Waals surface area contributed by atoms with E-state index < -0.39 is 0 Å². The van der Waals surface area contributed by atoms with Gasteiger partial charge in [0.15, 0.2) is 11.5 Å². The SMILES string of the molecule is CCOc1ccc(NC(=O)CN(C)CC(=O)NC(c2ccccc2)C(C)C)cc1OCC. The van der Waals surface area contributed by atoms with Crippen molar-refractivity contribution in [2.45, 2.75) is 33.7 Å². The zero-order chi connectivity index (χ0) is 23.5. The average molecular weight is 442 g/mol.